The number of anilines is 1. The molecule has 4 nitrogen and oxygen atoms in total. The molecule has 1 aliphatic heterocycles. The summed E-state index contributed by atoms with van der Waals surface area (Å²) in [6, 6.07) is 7.55. The van der Waals surface area contributed by atoms with Gasteiger partial charge < -0.3 is 14.8 Å². The van der Waals surface area contributed by atoms with Gasteiger partial charge in [0.1, 0.15) is 5.75 Å². The van der Waals surface area contributed by atoms with Crippen LogP contribution in [0.1, 0.15) is 13.3 Å². The molecule has 2 rings (SSSR count). The van der Waals surface area contributed by atoms with Crippen LogP contribution in [0.2, 0.25) is 0 Å². The predicted octanol–water partition coefficient (Wildman–Crippen LogP) is 1.81. The van der Waals surface area contributed by atoms with Crippen LogP contribution >= 0.6 is 0 Å². The molecule has 0 bridgehead atoms. The Balaban J connectivity index is 1.99. The van der Waals surface area contributed by atoms with Crippen molar-refractivity contribution in [3.05, 3.63) is 24.3 Å². The Bertz CT molecular complexity index is 378. The van der Waals surface area contributed by atoms with Gasteiger partial charge in [-0.1, -0.05) is 19.1 Å². The standard InChI is InChI=1S/C12H15NO3/c1-2-7-15-12(14)11-8-13-9-5-3-4-6-10(9)16-11/h3-6,11,13H,2,7-8H2,1H3. The van der Waals surface area contributed by atoms with Crippen molar-refractivity contribution in [1.29, 1.82) is 0 Å². The second-order valence-electron chi connectivity index (χ2n) is 3.65. The third kappa shape index (κ3) is 2.27. The SMILES string of the molecule is CCCOC(=O)C1CNc2ccccc2O1. The van der Waals surface area contributed by atoms with Crippen LogP contribution in [0.25, 0.3) is 0 Å². The van der Waals surface area contributed by atoms with Gasteiger partial charge in [-0.15, -0.1) is 0 Å². The molecule has 4 heteroatoms. The van der Waals surface area contributed by atoms with E-state index in [1.54, 1.807) is 0 Å². The van der Waals surface area contributed by atoms with Crippen molar-refractivity contribution in [2.24, 2.45) is 0 Å². The van der Waals surface area contributed by atoms with Crippen molar-refractivity contribution in [2.45, 2.75) is 19.4 Å². The van der Waals surface area contributed by atoms with E-state index in [0.29, 0.717) is 18.9 Å². The summed E-state index contributed by atoms with van der Waals surface area (Å²) in [6.07, 6.45) is 0.282. The number of nitrogens with one attached hydrogen (secondary N) is 1. The van der Waals surface area contributed by atoms with E-state index in [2.05, 4.69) is 5.32 Å². The van der Waals surface area contributed by atoms with Gasteiger partial charge in [0.25, 0.3) is 0 Å². The van der Waals surface area contributed by atoms with Gasteiger partial charge in [0, 0.05) is 0 Å². The fraction of sp³-hybridized carbons (Fsp3) is 0.417. The van der Waals surface area contributed by atoms with Gasteiger partial charge in [0.2, 0.25) is 6.10 Å². The molecule has 1 unspecified atom stereocenters. The number of esters is 1. The van der Waals surface area contributed by atoms with Crippen LogP contribution < -0.4 is 10.1 Å². The largest absolute Gasteiger partial charge is 0.475 e. The number of carbonyl (C=O) groups excluding carboxylic acids is 1. The minimum atomic E-state index is -0.540. The normalized spacial score (nSPS) is 17.9. The van der Waals surface area contributed by atoms with Crippen molar-refractivity contribution < 1.29 is 14.3 Å². The smallest absolute Gasteiger partial charge is 0.349 e. The Labute approximate surface area is 94.6 Å². The molecule has 86 valence electrons. The molecule has 0 fully saturated rings. The lowest BCUT2D eigenvalue weighted by Crippen LogP contribution is -2.39. The number of hydrogen-bond acceptors (Lipinski definition) is 4. The molecule has 0 spiro atoms. The Morgan fingerprint density at radius 2 is 2.38 bits per heavy atom. The predicted molar refractivity (Wildman–Crippen MR) is 60.6 cm³/mol. The van der Waals surface area contributed by atoms with Crippen LogP contribution in [0.3, 0.4) is 0 Å². The zero-order chi connectivity index (χ0) is 11.4. The number of carbonyl (C=O) groups is 1. The highest BCUT2D eigenvalue weighted by atomic mass is 16.6. The van der Waals surface area contributed by atoms with Gasteiger partial charge in [0.05, 0.1) is 18.8 Å². The van der Waals surface area contributed by atoms with Crippen molar-refractivity contribution in [1.82, 2.24) is 0 Å². The highest BCUT2D eigenvalue weighted by molar-refractivity contribution is 5.77. The number of benzene rings is 1. The van der Waals surface area contributed by atoms with Crippen molar-refractivity contribution in [2.75, 3.05) is 18.5 Å². The average molecular weight is 221 g/mol. The summed E-state index contributed by atoms with van der Waals surface area (Å²) in [5.41, 5.74) is 0.919. The fourth-order valence-electron chi connectivity index (χ4n) is 1.54. The third-order valence-electron chi connectivity index (χ3n) is 2.35. The van der Waals surface area contributed by atoms with Crippen LogP contribution in [-0.2, 0) is 9.53 Å². The number of ether oxygens (including phenoxy) is 2. The van der Waals surface area contributed by atoms with E-state index in [9.17, 15) is 4.79 Å². The number of hydrogen-bond donors (Lipinski definition) is 1. The van der Waals surface area contributed by atoms with E-state index >= 15 is 0 Å². The molecule has 0 saturated heterocycles. The molecular weight excluding hydrogens is 206 g/mol. The number of fused-ring (bicyclic) bond motifs is 1. The van der Waals surface area contributed by atoms with Crippen LogP contribution in [0.4, 0.5) is 5.69 Å². The third-order valence-corrected chi connectivity index (χ3v) is 2.35. The lowest BCUT2D eigenvalue weighted by atomic mass is 10.2. The lowest BCUT2D eigenvalue weighted by Gasteiger charge is -2.25. The van der Waals surface area contributed by atoms with Gasteiger partial charge in [-0.3, -0.25) is 0 Å². The summed E-state index contributed by atoms with van der Waals surface area (Å²) in [5, 5.41) is 3.14. The first kappa shape index (κ1) is 10.8. The molecule has 1 aromatic carbocycles. The molecule has 1 heterocycles. The van der Waals surface area contributed by atoms with Crippen molar-refractivity contribution in [3.8, 4) is 5.75 Å². The van der Waals surface area contributed by atoms with Crippen molar-refractivity contribution >= 4 is 11.7 Å². The van der Waals surface area contributed by atoms with Gasteiger partial charge in [0.15, 0.2) is 0 Å². The number of para-hydroxylation sites is 2. The van der Waals surface area contributed by atoms with Gasteiger partial charge in [-0.05, 0) is 18.6 Å². The zero-order valence-electron chi connectivity index (χ0n) is 9.23. The maximum absolute atomic E-state index is 11.6. The summed E-state index contributed by atoms with van der Waals surface area (Å²) in [6.45, 7) is 2.86. The van der Waals surface area contributed by atoms with Gasteiger partial charge in [-0.25, -0.2) is 4.79 Å². The monoisotopic (exact) mass is 221 g/mol. The first-order valence-electron chi connectivity index (χ1n) is 5.47. The highest BCUT2D eigenvalue weighted by Gasteiger charge is 2.26. The molecule has 0 saturated carbocycles. The van der Waals surface area contributed by atoms with Crippen LogP contribution in [0.5, 0.6) is 5.75 Å². The molecule has 1 aromatic rings. The molecule has 0 aliphatic carbocycles. The summed E-state index contributed by atoms with van der Waals surface area (Å²) in [4.78, 5) is 11.6. The maximum atomic E-state index is 11.6. The number of rotatable bonds is 3. The van der Waals surface area contributed by atoms with E-state index in [1.807, 2.05) is 31.2 Å². The summed E-state index contributed by atoms with van der Waals surface area (Å²) < 4.78 is 10.6. The molecule has 1 atom stereocenters. The molecule has 1 N–H and O–H groups in total. The minimum Gasteiger partial charge on any atom is -0.475 e. The van der Waals surface area contributed by atoms with Crippen LogP contribution in [-0.4, -0.2) is 25.2 Å². The van der Waals surface area contributed by atoms with Gasteiger partial charge >= 0.3 is 5.97 Å². The lowest BCUT2D eigenvalue weighted by molar-refractivity contribution is -0.151. The minimum absolute atomic E-state index is 0.302. The van der Waals surface area contributed by atoms with Crippen molar-refractivity contribution in [3.63, 3.8) is 0 Å². The molecule has 0 aromatic heterocycles. The molecule has 0 radical (unpaired) electrons. The van der Waals surface area contributed by atoms with E-state index in [0.717, 1.165) is 12.1 Å². The Morgan fingerprint density at radius 3 is 3.19 bits per heavy atom. The van der Waals surface area contributed by atoms with Gasteiger partial charge in [-0.2, -0.15) is 0 Å². The summed E-state index contributed by atoms with van der Waals surface area (Å²) in [5.74, 6) is 0.399. The molecule has 0 amide bonds. The quantitative estimate of drug-likeness (QED) is 0.791. The van der Waals surface area contributed by atoms with E-state index in [4.69, 9.17) is 9.47 Å². The second-order valence-corrected chi connectivity index (χ2v) is 3.65. The Hall–Kier alpha value is -1.71. The summed E-state index contributed by atoms with van der Waals surface area (Å²) >= 11 is 0. The maximum Gasteiger partial charge on any atom is 0.349 e. The molecule has 1 aliphatic rings. The second kappa shape index (κ2) is 4.88. The Kier molecular flexibility index (Phi) is 3.29. The van der Waals surface area contributed by atoms with E-state index in [-0.39, 0.29) is 5.97 Å². The first-order valence-corrected chi connectivity index (χ1v) is 5.47. The fourth-order valence-corrected chi connectivity index (χ4v) is 1.54. The topological polar surface area (TPSA) is 47.6 Å². The molecule has 16 heavy (non-hydrogen) atoms. The summed E-state index contributed by atoms with van der Waals surface area (Å²) in [7, 11) is 0. The Morgan fingerprint density at radius 1 is 1.56 bits per heavy atom. The van der Waals surface area contributed by atoms with Crippen LogP contribution in [0.15, 0.2) is 24.3 Å². The zero-order valence-corrected chi connectivity index (χ0v) is 9.23. The van der Waals surface area contributed by atoms with E-state index < -0.39 is 6.10 Å². The first-order chi connectivity index (χ1) is 7.81. The highest BCUT2D eigenvalue weighted by Crippen LogP contribution is 2.28. The van der Waals surface area contributed by atoms with E-state index in [1.165, 1.54) is 0 Å². The van der Waals surface area contributed by atoms with Crippen LogP contribution in [0, 0.1) is 0 Å². The average Bonchev–Trinajstić information content (AvgIpc) is 2.35. The molecular formula is C12H15NO3.